The first-order valence-electron chi connectivity index (χ1n) is 17.6. The Balaban J connectivity index is 1.28. The molecule has 1 aliphatic carbocycles. The van der Waals surface area contributed by atoms with Gasteiger partial charge in [-0.2, -0.15) is 0 Å². The molecule has 1 nitrogen and oxygen atoms in total. The van der Waals surface area contributed by atoms with Crippen molar-refractivity contribution in [3.8, 4) is 44.5 Å². The molecule has 0 aromatic heterocycles. The summed E-state index contributed by atoms with van der Waals surface area (Å²) < 4.78 is 0. The lowest BCUT2D eigenvalue weighted by molar-refractivity contribution is 0.590. The summed E-state index contributed by atoms with van der Waals surface area (Å²) in [5.41, 5.74) is 16.7. The highest BCUT2D eigenvalue weighted by Gasteiger charge is 2.32. The normalized spacial score (nSPS) is 12.0. The van der Waals surface area contributed by atoms with Gasteiger partial charge in [0.1, 0.15) is 0 Å². The Morgan fingerprint density at radius 2 is 0.940 bits per heavy atom. The molecule has 1 heteroatoms. The summed E-state index contributed by atoms with van der Waals surface area (Å²) in [5, 5.41) is 5.08. The van der Waals surface area contributed by atoms with Crippen LogP contribution in [0, 0.1) is 6.92 Å². The molecule has 0 radical (unpaired) electrons. The molecule has 0 N–H and O–H groups in total. The van der Waals surface area contributed by atoms with E-state index in [1.165, 1.54) is 82.9 Å². The van der Waals surface area contributed by atoms with E-state index in [1.807, 2.05) is 0 Å². The van der Waals surface area contributed by atoms with Crippen LogP contribution >= 0.6 is 0 Å². The summed E-state index contributed by atoms with van der Waals surface area (Å²) in [4.78, 5) is 2.42. The highest BCUT2D eigenvalue weighted by molar-refractivity contribution is 6.26. The van der Waals surface area contributed by atoms with Gasteiger partial charge in [0.05, 0.1) is 0 Å². The van der Waals surface area contributed by atoms with Gasteiger partial charge in [0.25, 0.3) is 0 Å². The topological polar surface area (TPSA) is 3.24 Å². The fraction of sp³-hybridized carbons (Fsp3) is 0.102. The summed E-state index contributed by atoms with van der Waals surface area (Å²) >= 11 is 0. The summed E-state index contributed by atoms with van der Waals surface area (Å²) in [7, 11) is 0. The molecular weight excluding hydrogens is 603 g/mol. The predicted molar refractivity (Wildman–Crippen MR) is 215 cm³/mol. The second kappa shape index (κ2) is 11.6. The van der Waals surface area contributed by atoms with Gasteiger partial charge in [-0.1, -0.05) is 142 Å². The molecule has 0 saturated carbocycles. The van der Waals surface area contributed by atoms with Crippen LogP contribution < -0.4 is 4.90 Å². The number of para-hydroxylation sites is 1. The van der Waals surface area contributed by atoms with Crippen LogP contribution in [0.2, 0.25) is 0 Å². The lowest BCUT2D eigenvalue weighted by Gasteiger charge is -2.33. The maximum atomic E-state index is 2.44. The second-order valence-electron chi connectivity index (χ2n) is 14.6. The van der Waals surface area contributed by atoms with Crippen molar-refractivity contribution < 1.29 is 0 Å². The largest absolute Gasteiger partial charge is 0.310 e. The number of rotatable bonds is 5. The zero-order valence-electron chi connectivity index (χ0n) is 29.0. The molecule has 0 saturated heterocycles. The zero-order chi connectivity index (χ0) is 34.0. The third-order valence-electron chi connectivity index (χ3n) is 10.4. The maximum absolute atomic E-state index is 2.44. The molecule has 9 rings (SSSR count). The summed E-state index contributed by atoms with van der Waals surface area (Å²) in [6.07, 6.45) is 0. The van der Waals surface area contributed by atoms with Crippen molar-refractivity contribution in [1.29, 1.82) is 0 Å². The van der Waals surface area contributed by atoms with Crippen molar-refractivity contribution in [1.82, 2.24) is 0 Å². The minimum absolute atomic E-state index is 0.0448. The van der Waals surface area contributed by atoms with Gasteiger partial charge in [-0.25, -0.2) is 0 Å². The Bertz CT molecular complexity index is 2560. The molecule has 50 heavy (non-hydrogen) atoms. The molecule has 0 bridgehead atoms. The molecule has 0 heterocycles. The predicted octanol–water partition coefficient (Wildman–Crippen LogP) is 14.1. The lowest BCUT2D eigenvalue weighted by atomic mass is 9.70. The number of nitrogens with zero attached hydrogens (tertiary/aromatic N) is 1. The Kier molecular flexibility index (Phi) is 7.00. The third-order valence-corrected chi connectivity index (χ3v) is 10.4. The average molecular weight is 642 g/mol. The molecule has 8 aromatic rings. The molecule has 8 aromatic carbocycles. The molecule has 0 aliphatic heterocycles. The van der Waals surface area contributed by atoms with Crippen LogP contribution in [0.15, 0.2) is 164 Å². The molecule has 0 unspecified atom stereocenters. The van der Waals surface area contributed by atoms with Gasteiger partial charge in [0.2, 0.25) is 0 Å². The SMILES string of the molecule is Cc1ccc(C(C)(C)C)cc1N(c1ccccc1)c1ccc2cc3c(cc2c1)-c1c-3c(-c2ccccc2)c2ccccc2c1-c1ccccc1. The van der Waals surface area contributed by atoms with E-state index >= 15 is 0 Å². The van der Waals surface area contributed by atoms with Crippen molar-refractivity contribution in [2.75, 3.05) is 4.90 Å². The average Bonchev–Trinajstić information content (AvgIpc) is 3.14. The fourth-order valence-corrected chi connectivity index (χ4v) is 7.88. The van der Waals surface area contributed by atoms with E-state index in [4.69, 9.17) is 0 Å². The molecular formula is C49H39N. The van der Waals surface area contributed by atoms with Crippen molar-refractivity contribution in [2.45, 2.75) is 33.1 Å². The van der Waals surface area contributed by atoms with Gasteiger partial charge in [-0.05, 0) is 132 Å². The number of anilines is 3. The van der Waals surface area contributed by atoms with Crippen LogP contribution in [0.5, 0.6) is 0 Å². The highest BCUT2D eigenvalue weighted by atomic mass is 15.1. The van der Waals surface area contributed by atoms with Crippen LogP contribution in [0.25, 0.3) is 66.1 Å². The van der Waals surface area contributed by atoms with E-state index in [9.17, 15) is 0 Å². The minimum Gasteiger partial charge on any atom is -0.310 e. The molecule has 0 atom stereocenters. The van der Waals surface area contributed by atoms with Crippen LogP contribution in [0.3, 0.4) is 0 Å². The van der Waals surface area contributed by atoms with Crippen molar-refractivity contribution in [3.63, 3.8) is 0 Å². The molecule has 240 valence electrons. The van der Waals surface area contributed by atoms with E-state index in [0.29, 0.717) is 0 Å². The van der Waals surface area contributed by atoms with Gasteiger partial charge < -0.3 is 4.90 Å². The standard InChI is InChI=1S/C49H39N/c1-32-24-26-37(49(2,3)4)31-44(32)50(38-20-12-7-13-21-38)39-27-25-35-29-42-43(30-36(35)28-39)48-46(34-18-10-6-11-19-34)41-23-15-14-22-40(41)45(47(42)48)33-16-8-5-9-17-33/h5-31H,1-4H3. The number of hydrogen-bond donors (Lipinski definition) is 0. The number of hydrogen-bond acceptors (Lipinski definition) is 1. The van der Waals surface area contributed by atoms with Crippen LogP contribution in [0.4, 0.5) is 17.1 Å². The van der Waals surface area contributed by atoms with Crippen molar-refractivity contribution in [2.24, 2.45) is 0 Å². The van der Waals surface area contributed by atoms with Crippen molar-refractivity contribution >= 4 is 38.6 Å². The first-order valence-corrected chi connectivity index (χ1v) is 17.6. The summed E-state index contributed by atoms with van der Waals surface area (Å²) in [5.74, 6) is 0. The monoisotopic (exact) mass is 641 g/mol. The van der Waals surface area contributed by atoms with Crippen LogP contribution in [0.1, 0.15) is 31.9 Å². The van der Waals surface area contributed by atoms with E-state index < -0.39 is 0 Å². The Labute approximate surface area is 295 Å². The zero-order valence-corrected chi connectivity index (χ0v) is 29.0. The summed E-state index contributed by atoms with van der Waals surface area (Å²) in [6.45, 7) is 9.08. The van der Waals surface area contributed by atoms with Crippen LogP contribution in [-0.4, -0.2) is 0 Å². The fourth-order valence-electron chi connectivity index (χ4n) is 7.88. The van der Waals surface area contributed by atoms with Gasteiger partial charge in [0.15, 0.2) is 0 Å². The maximum Gasteiger partial charge on any atom is 0.0493 e. The third kappa shape index (κ3) is 4.84. The van der Waals surface area contributed by atoms with Crippen LogP contribution in [-0.2, 0) is 5.41 Å². The molecule has 1 aliphatic rings. The summed E-state index contributed by atoms with van der Waals surface area (Å²) in [6, 6.07) is 60.3. The van der Waals surface area contributed by atoms with Gasteiger partial charge in [0, 0.05) is 17.1 Å². The Morgan fingerprint density at radius 3 is 1.50 bits per heavy atom. The number of aryl methyl sites for hydroxylation is 1. The van der Waals surface area contributed by atoms with Crippen molar-refractivity contribution in [3.05, 3.63) is 175 Å². The Hall–Kier alpha value is -5.92. The number of fused-ring (bicyclic) bond motifs is 6. The molecule has 0 amide bonds. The Morgan fingerprint density at radius 1 is 0.420 bits per heavy atom. The van der Waals surface area contributed by atoms with Gasteiger partial charge in [-0.3, -0.25) is 0 Å². The highest BCUT2D eigenvalue weighted by Crippen LogP contribution is 2.60. The minimum atomic E-state index is 0.0448. The quantitative estimate of drug-likeness (QED) is 0.181. The van der Waals surface area contributed by atoms with Gasteiger partial charge >= 0.3 is 0 Å². The first-order chi connectivity index (χ1) is 24.4. The van der Waals surface area contributed by atoms with E-state index in [0.717, 1.165) is 11.4 Å². The van der Waals surface area contributed by atoms with E-state index in [-0.39, 0.29) is 5.41 Å². The molecule has 0 fully saturated rings. The van der Waals surface area contributed by atoms with Gasteiger partial charge in [-0.15, -0.1) is 0 Å². The van der Waals surface area contributed by atoms with E-state index in [1.54, 1.807) is 0 Å². The lowest BCUT2D eigenvalue weighted by Crippen LogP contribution is -2.15. The van der Waals surface area contributed by atoms with E-state index in [2.05, 4.69) is 196 Å². The first kappa shape index (κ1) is 30.2. The smallest absolute Gasteiger partial charge is 0.0493 e. The second-order valence-corrected chi connectivity index (χ2v) is 14.6. The molecule has 0 spiro atoms. The number of benzene rings is 8.